The van der Waals surface area contributed by atoms with Crippen LogP contribution in [0.4, 0.5) is 24.7 Å². The van der Waals surface area contributed by atoms with Crippen molar-refractivity contribution in [3.8, 4) is 22.6 Å². The second-order valence-corrected chi connectivity index (χ2v) is 7.37. The number of nitro groups is 1. The van der Waals surface area contributed by atoms with E-state index >= 15 is 0 Å². The fraction of sp³-hybridized carbons (Fsp3) is 0.136. The van der Waals surface area contributed by atoms with Gasteiger partial charge in [0.25, 0.3) is 5.91 Å². The lowest BCUT2D eigenvalue weighted by atomic mass is 9.96. The van der Waals surface area contributed by atoms with Crippen LogP contribution in [0, 0.1) is 10.1 Å². The zero-order valence-corrected chi connectivity index (χ0v) is 17.8. The van der Waals surface area contributed by atoms with Gasteiger partial charge in [-0.05, 0) is 58.9 Å². The lowest BCUT2D eigenvalue weighted by Gasteiger charge is -2.16. The Hall–Kier alpha value is -4.68. The summed E-state index contributed by atoms with van der Waals surface area (Å²) in [7, 11) is 0. The van der Waals surface area contributed by atoms with Gasteiger partial charge >= 0.3 is 12.2 Å². The first-order valence-electron chi connectivity index (χ1n) is 10.0. The van der Waals surface area contributed by atoms with E-state index in [1.54, 1.807) is 18.2 Å². The van der Waals surface area contributed by atoms with Gasteiger partial charge in [0.2, 0.25) is 5.91 Å². The van der Waals surface area contributed by atoms with E-state index in [0.717, 1.165) is 28.5 Å². The third-order valence-electron chi connectivity index (χ3n) is 5.11. The summed E-state index contributed by atoms with van der Waals surface area (Å²) in [4.78, 5) is 34.7. The lowest BCUT2D eigenvalue weighted by molar-refractivity contribution is -0.389. The predicted octanol–water partition coefficient (Wildman–Crippen LogP) is 3.76. The van der Waals surface area contributed by atoms with E-state index in [4.69, 9.17) is 0 Å². The molecule has 0 bridgehead atoms. The molecule has 1 aliphatic rings. The second kappa shape index (κ2) is 8.93. The van der Waals surface area contributed by atoms with Gasteiger partial charge in [0.05, 0.1) is 22.7 Å². The molecule has 0 atom stereocenters. The first-order valence-corrected chi connectivity index (χ1v) is 10.0. The molecule has 0 radical (unpaired) electrons. The number of hydrogen-bond acceptors (Lipinski definition) is 6. The van der Waals surface area contributed by atoms with E-state index in [-0.39, 0.29) is 22.8 Å². The highest BCUT2D eigenvalue weighted by Gasteiger charge is 2.33. The van der Waals surface area contributed by atoms with Gasteiger partial charge in [0.1, 0.15) is 5.56 Å². The van der Waals surface area contributed by atoms with Gasteiger partial charge in [-0.3, -0.25) is 9.59 Å². The normalized spacial score (nSPS) is 12.9. The number of ether oxygens (including phenoxy) is 1. The van der Waals surface area contributed by atoms with Crippen LogP contribution in [-0.2, 0) is 11.2 Å². The number of carbonyl (C=O) groups is 2. The molecular formula is C22H16F3N5O5. The molecule has 3 aromatic rings. The summed E-state index contributed by atoms with van der Waals surface area (Å²) in [6.07, 6.45) is -2.28. The molecule has 13 heteroatoms. The van der Waals surface area contributed by atoms with Crippen molar-refractivity contribution in [3.05, 3.63) is 76.5 Å². The summed E-state index contributed by atoms with van der Waals surface area (Å²) >= 11 is 0. The van der Waals surface area contributed by atoms with Crippen molar-refractivity contribution in [2.24, 2.45) is 0 Å². The molecule has 2 aromatic carbocycles. The van der Waals surface area contributed by atoms with E-state index in [1.807, 2.05) is 0 Å². The molecular weight excluding hydrogens is 471 g/mol. The van der Waals surface area contributed by atoms with Crippen molar-refractivity contribution in [3.63, 3.8) is 0 Å². The van der Waals surface area contributed by atoms with Gasteiger partial charge in [0, 0.05) is 12.1 Å². The van der Waals surface area contributed by atoms with E-state index in [0.29, 0.717) is 24.1 Å². The Bertz CT molecular complexity index is 1370. The van der Waals surface area contributed by atoms with Crippen LogP contribution in [0.5, 0.6) is 5.75 Å². The minimum Gasteiger partial charge on any atom is -0.404 e. The molecule has 2 heterocycles. The molecule has 0 aliphatic carbocycles. The Kier molecular flexibility index (Phi) is 5.99. The number of amides is 2. The van der Waals surface area contributed by atoms with Crippen LogP contribution < -0.4 is 15.4 Å². The van der Waals surface area contributed by atoms with Crippen LogP contribution in [-0.4, -0.2) is 39.4 Å². The standard InChI is InChI=1S/C22H16F3N5O5/c1-2-19(31)27-17-10-14(4-6-18(17)35-22(23,24)25)29-11-16(20(28-29)30(33)34)12-3-5-15-13(9-12)7-8-26-21(15)32/h2-6,9-11H,1,7-8H2,(H,26,32)(H,27,31). The summed E-state index contributed by atoms with van der Waals surface area (Å²) in [5.41, 5.74) is 1.54. The number of aromatic nitrogens is 2. The topological polar surface area (TPSA) is 128 Å². The molecule has 1 aromatic heterocycles. The molecule has 0 unspecified atom stereocenters. The Balaban J connectivity index is 1.78. The first kappa shape index (κ1) is 23.5. The number of rotatable bonds is 6. The average molecular weight is 487 g/mol. The number of benzene rings is 2. The second-order valence-electron chi connectivity index (χ2n) is 7.37. The summed E-state index contributed by atoms with van der Waals surface area (Å²) in [6, 6.07) is 8.05. The lowest BCUT2D eigenvalue weighted by Crippen LogP contribution is -2.31. The van der Waals surface area contributed by atoms with Crippen LogP contribution in [0.25, 0.3) is 16.8 Å². The van der Waals surface area contributed by atoms with Crippen molar-refractivity contribution < 1.29 is 32.4 Å². The number of nitrogens with zero attached hydrogens (tertiary/aromatic N) is 3. The smallest absolute Gasteiger partial charge is 0.404 e. The van der Waals surface area contributed by atoms with Crippen LogP contribution in [0.1, 0.15) is 15.9 Å². The average Bonchev–Trinajstić information content (AvgIpc) is 3.25. The van der Waals surface area contributed by atoms with Gasteiger partial charge in [-0.1, -0.05) is 12.6 Å². The van der Waals surface area contributed by atoms with E-state index < -0.39 is 28.8 Å². The monoisotopic (exact) mass is 487 g/mol. The summed E-state index contributed by atoms with van der Waals surface area (Å²) in [6.45, 7) is 3.68. The highest BCUT2D eigenvalue weighted by atomic mass is 19.4. The predicted molar refractivity (Wildman–Crippen MR) is 117 cm³/mol. The van der Waals surface area contributed by atoms with Crippen LogP contribution in [0.2, 0.25) is 0 Å². The number of hydrogen-bond donors (Lipinski definition) is 2. The minimum atomic E-state index is -5.02. The van der Waals surface area contributed by atoms with E-state index in [1.165, 1.54) is 12.3 Å². The zero-order valence-electron chi connectivity index (χ0n) is 17.8. The zero-order chi connectivity index (χ0) is 25.3. The van der Waals surface area contributed by atoms with Crippen molar-refractivity contribution in [2.45, 2.75) is 12.8 Å². The third-order valence-corrected chi connectivity index (χ3v) is 5.11. The number of alkyl halides is 3. The quantitative estimate of drug-likeness (QED) is 0.310. The van der Waals surface area contributed by atoms with Crippen molar-refractivity contribution >= 4 is 23.3 Å². The molecule has 0 spiro atoms. The fourth-order valence-electron chi connectivity index (χ4n) is 3.59. The van der Waals surface area contributed by atoms with Crippen LogP contribution in [0.3, 0.4) is 0 Å². The van der Waals surface area contributed by atoms with Crippen LogP contribution >= 0.6 is 0 Å². The summed E-state index contributed by atoms with van der Waals surface area (Å²) in [5, 5.41) is 20.6. The Morgan fingerprint density at radius 3 is 2.71 bits per heavy atom. The van der Waals surface area contributed by atoms with Gasteiger partial charge in [-0.2, -0.15) is 0 Å². The fourth-order valence-corrected chi connectivity index (χ4v) is 3.59. The summed E-state index contributed by atoms with van der Waals surface area (Å²) in [5.74, 6) is -2.22. The number of carbonyl (C=O) groups excluding carboxylic acids is 2. The highest BCUT2D eigenvalue weighted by Crippen LogP contribution is 2.35. The molecule has 0 saturated heterocycles. The molecule has 0 fully saturated rings. The van der Waals surface area contributed by atoms with Gasteiger partial charge in [-0.25, -0.2) is 0 Å². The van der Waals surface area contributed by atoms with E-state index in [9.17, 15) is 32.9 Å². The SMILES string of the molecule is C=CC(=O)Nc1cc(-n2cc(-c3ccc4c(c3)CCNC4=O)c([N+](=O)[O-])n2)ccc1OC(F)(F)F. The molecule has 2 N–H and O–H groups in total. The number of fused-ring (bicyclic) bond motifs is 1. The Morgan fingerprint density at radius 1 is 1.26 bits per heavy atom. The van der Waals surface area contributed by atoms with Crippen molar-refractivity contribution in [1.29, 1.82) is 0 Å². The molecule has 180 valence electrons. The third kappa shape index (κ3) is 4.98. The molecule has 1 aliphatic heterocycles. The molecule has 10 nitrogen and oxygen atoms in total. The Morgan fingerprint density at radius 2 is 2.03 bits per heavy atom. The van der Waals surface area contributed by atoms with Gasteiger partial charge in [-0.15, -0.1) is 17.9 Å². The number of halogens is 3. The number of nitrogens with one attached hydrogen (secondary N) is 2. The van der Waals surface area contributed by atoms with Crippen LogP contribution in [0.15, 0.2) is 55.3 Å². The largest absolute Gasteiger partial charge is 0.573 e. The van der Waals surface area contributed by atoms with Crippen molar-refractivity contribution in [2.75, 3.05) is 11.9 Å². The minimum absolute atomic E-state index is 0.116. The maximum absolute atomic E-state index is 12.8. The molecule has 0 saturated carbocycles. The number of anilines is 1. The maximum Gasteiger partial charge on any atom is 0.573 e. The van der Waals surface area contributed by atoms with Gasteiger partial charge in [0.15, 0.2) is 5.75 Å². The molecule has 4 rings (SSSR count). The van der Waals surface area contributed by atoms with Crippen molar-refractivity contribution in [1.82, 2.24) is 15.1 Å². The first-order chi connectivity index (χ1) is 16.6. The summed E-state index contributed by atoms with van der Waals surface area (Å²) < 4.78 is 43.4. The van der Waals surface area contributed by atoms with Gasteiger partial charge < -0.3 is 25.5 Å². The highest BCUT2D eigenvalue weighted by molar-refractivity contribution is 6.00. The molecule has 2 amide bonds. The Labute approximate surface area is 195 Å². The van der Waals surface area contributed by atoms with E-state index in [2.05, 4.69) is 27.0 Å². The molecule has 35 heavy (non-hydrogen) atoms. The maximum atomic E-state index is 12.8.